The maximum absolute atomic E-state index is 11.0. The summed E-state index contributed by atoms with van der Waals surface area (Å²) in [5.41, 5.74) is -0.446. The predicted molar refractivity (Wildman–Crippen MR) is 63.7 cm³/mol. The first-order valence-electron chi connectivity index (χ1n) is 5.50. The molecule has 0 aromatic carbocycles. The van der Waals surface area contributed by atoms with E-state index in [2.05, 4.69) is 4.74 Å². The van der Waals surface area contributed by atoms with Crippen molar-refractivity contribution >= 4 is 13.1 Å². The van der Waals surface area contributed by atoms with Gasteiger partial charge in [-0.3, -0.25) is 0 Å². The van der Waals surface area contributed by atoms with Crippen LogP contribution in [0, 0.1) is 5.92 Å². The molecule has 0 aliphatic heterocycles. The summed E-state index contributed by atoms with van der Waals surface area (Å²) in [4.78, 5) is 11.0. The van der Waals surface area contributed by atoms with Crippen molar-refractivity contribution in [1.29, 1.82) is 0 Å². The summed E-state index contributed by atoms with van der Waals surface area (Å²) in [5.74, 6) is 1.06. The van der Waals surface area contributed by atoms with Crippen molar-refractivity contribution in [3.05, 3.63) is 12.1 Å². The molecule has 16 heavy (non-hydrogen) atoms. The first-order valence-corrected chi connectivity index (χ1v) is 5.50. The Balaban J connectivity index is 4.17. The number of hydrogen-bond acceptors (Lipinski definition) is 4. The molecule has 0 amide bonds. The summed E-state index contributed by atoms with van der Waals surface area (Å²) in [6.07, 6.45) is 1.17. The standard InChI is InChI=1S/C11H21BO4/c1-6-15-10(13)7-8-12(14)16-11(4,5)9(2)3/h7-9,14H,6H2,1-5H3/b8-7+. The average molecular weight is 228 g/mol. The average Bonchev–Trinajstić information content (AvgIpc) is 2.14. The monoisotopic (exact) mass is 228 g/mol. The van der Waals surface area contributed by atoms with E-state index >= 15 is 0 Å². The fraction of sp³-hybridized carbons (Fsp3) is 0.727. The van der Waals surface area contributed by atoms with Gasteiger partial charge in [0, 0.05) is 6.08 Å². The Hall–Kier alpha value is -0.805. The molecule has 0 bridgehead atoms. The van der Waals surface area contributed by atoms with Crippen molar-refractivity contribution in [2.45, 2.75) is 40.2 Å². The molecular weight excluding hydrogens is 207 g/mol. The van der Waals surface area contributed by atoms with Gasteiger partial charge in [0.05, 0.1) is 12.2 Å². The molecule has 0 aliphatic rings. The highest BCUT2D eigenvalue weighted by molar-refractivity contribution is 6.49. The van der Waals surface area contributed by atoms with E-state index in [1.54, 1.807) is 6.92 Å². The summed E-state index contributed by atoms with van der Waals surface area (Å²) in [6.45, 7) is 9.82. The van der Waals surface area contributed by atoms with Gasteiger partial charge in [-0.25, -0.2) is 4.79 Å². The highest BCUT2D eigenvalue weighted by Gasteiger charge is 2.27. The zero-order valence-corrected chi connectivity index (χ0v) is 10.7. The van der Waals surface area contributed by atoms with E-state index in [-0.39, 0.29) is 5.92 Å². The highest BCUT2D eigenvalue weighted by Crippen LogP contribution is 2.20. The maximum Gasteiger partial charge on any atom is 0.484 e. The van der Waals surface area contributed by atoms with Gasteiger partial charge in [0.25, 0.3) is 0 Å². The summed E-state index contributed by atoms with van der Waals surface area (Å²) in [7, 11) is -1.10. The zero-order chi connectivity index (χ0) is 12.8. The van der Waals surface area contributed by atoms with Crippen LogP contribution in [0.25, 0.3) is 0 Å². The second-order valence-electron chi connectivity index (χ2n) is 4.38. The van der Waals surface area contributed by atoms with Gasteiger partial charge in [-0.1, -0.05) is 13.8 Å². The molecule has 0 atom stereocenters. The number of carbonyl (C=O) groups excluding carboxylic acids is 1. The molecule has 0 unspecified atom stereocenters. The van der Waals surface area contributed by atoms with Crippen molar-refractivity contribution < 1.29 is 19.2 Å². The van der Waals surface area contributed by atoms with Crippen molar-refractivity contribution in [3.8, 4) is 0 Å². The molecule has 4 nitrogen and oxygen atoms in total. The van der Waals surface area contributed by atoms with Crippen LogP contribution in [-0.2, 0) is 14.2 Å². The largest absolute Gasteiger partial charge is 0.484 e. The van der Waals surface area contributed by atoms with E-state index in [9.17, 15) is 9.82 Å². The van der Waals surface area contributed by atoms with Crippen molar-refractivity contribution in [3.63, 3.8) is 0 Å². The number of esters is 1. The topological polar surface area (TPSA) is 55.8 Å². The SMILES string of the molecule is CCOC(=O)/C=C/B(O)OC(C)(C)C(C)C. The number of ether oxygens (including phenoxy) is 1. The molecule has 0 saturated heterocycles. The third-order valence-electron chi connectivity index (χ3n) is 2.50. The Kier molecular flexibility index (Phi) is 6.37. The van der Waals surface area contributed by atoms with Crippen LogP contribution in [0.3, 0.4) is 0 Å². The molecule has 5 heteroatoms. The first kappa shape index (κ1) is 15.2. The van der Waals surface area contributed by atoms with Gasteiger partial charge < -0.3 is 14.4 Å². The van der Waals surface area contributed by atoms with Crippen LogP contribution in [0.15, 0.2) is 12.1 Å². The van der Waals surface area contributed by atoms with Gasteiger partial charge in [0.15, 0.2) is 0 Å². The molecule has 1 N–H and O–H groups in total. The normalized spacial score (nSPS) is 12.2. The van der Waals surface area contributed by atoms with E-state index < -0.39 is 18.7 Å². The molecule has 92 valence electrons. The second kappa shape index (κ2) is 6.71. The summed E-state index contributed by atoms with van der Waals surface area (Å²) >= 11 is 0. The third kappa shape index (κ3) is 5.93. The molecule has 0 aromatic heterocycles. The minimum absolute atomic E-state index is 0.262. The molecule has 0 aromatic rings. The van der Waals surface area contributed by atoms with Gasteiger partial charge in [-0.2, -0.15) is 0 Å². The first-order chi connectivity index (χ1) is 7.29. The zero-order valence-electron chi connectivity index (χ0n) is 10.7. The van der Waals surface area contributed by atoms with Gasteiger partial charge in [0.2, 0.25) is 0 Å². The Morgan fingerprint density at radius 3 is 2.50 bits per heavy atom. The smallest absolute Gasteiger partial charge is 0.463 e. The minimum Gasteiger partial charge on any atom is -0.463 e. The summed E-state index contributed by atoms with van der Waals surface area (Å²) in [5, 5.41) is 9.53. The van der Waals surface area contributed by atoms with Gasteiger partial charge in [-0.15, -0.1) is 0 Å². The lowest BCUT2D eigenvalue weighted by Crippen LogP contribution is -2.37. The van der Waals surface area contributed by atoms with Crippen LogP contribution >= 0.6 is 0 Å². The molecule has 0 radical (unpaired) electrons. The molecule has 0 heterocycles. The highest BCUT2D eigenvalue weighted by atomic mass is 16.5. The molecule has 0 spiro atoms. The van der Waals surface area contributed by atoms with Crippen LogP contribution in [0.5, 0.6) is 0 Å². The minimum atomic E-state index is -1.10. The van der Waals surface area contributed by atoms with Crippen molar-refractivity contribution in [1.82, 2.24) is 0 Å². The van der Waals surface area contributed by atoms with E-state index in [0.717, 1.165) is 0 Å². The van der Waals surface area contributed by atoms with Crippen LogP contribution < -0.4 is 0 Å². The van der Waals surface area contributed by atoms with E-state index in [4.69, 9.17) is 4.65 Å². The lowest BCUT2D eigenvalue weighted by Gasteiger charge is -2.30. The maximum atomic E-state index is 11.0. The van der Waals surface area contributed by atoms with Crippen molar-refractivity contribution in [2.24, 2.45) is 5.92 Å². The molecule has 0 rings (SSSR count). The van der Waals surface area contributed by atoms with Crippen molar-refractivity contribution in [2.75, 3.05) is 6.61 Å². The van der Waals surface area contributed by atoms with E-state index in [0.29, 0.717) is 6.61 Å². The summed E-state index contributed by atoms with van der Waals surface area (Å²) < 4.78 is 10.1. The summed E-state index contributed by atoms with van der Waals surface area (Å²) in [6, 6.07) is 0. The third-order valence-corrected chi connectivity index (χ3v) is 2.50. The molecule has 0 aliphatic carbocycles. The van der Waals surface area contributed by atoms with Gasteiger partial charge in [0.1, 0.15) is 0 Å². The number of carbonyl (C=O) groups is 1. The quantitative estimate of drug-likeness (QED) is 0.426. The fourth-order valence-electron chi connectivity index (χ4n) is 0.838. The molecule has 0 saturated carbocycles. The number of rotatable bonds is 6. The Bertz CT molecular complexity index is 248. The van der Waals surface area contributed by atoms with Crippen LogP contribution in [0.1, 0.15) is 34.6 Å². The van der Waals surface area contributed by atoms with E-state index in [1.807, 2.05) is 27.7 Å². The van der Waals surface area contributed by atoms with Crippen LogP contribution in [0.4, 0.5) is 0 Å². The number of hydrogen-bond donors (Lipinski definition) is 1. The predicted octanol–water partition coefficient (Wildman–Crippen LogP) is 1.58. The van der Waals surface area contributed by atoms with Gasteiger partial charge >= 0.3 is 13.1 Å². The Morgan fingerprint density at radius 1 is 1.50 bits per heavy atom. The second-order valence-corrected chi connectivity index (χ2v) is 4.38. The van der Waals surface area contributed by atoms with Crippen LogP contribution in [-0.4, -0.2) is 30.3 Å². The lowest BCUT2D eigenvalue weighted by atomic mass is 9.85. The molecule has 0 fully saturated rings. The van der Waals surface area contributed by atoms with E-state index in [1.165, 1.54) is 12.1 Å². The Labute approximate surface area is 97.8 Å². The fourth-order valence-corrected chi connectivity index (χ4v) is 0.838. The van der Waals surface area contributed by atoms with Gasteiger partial charge in [-0.05, 0) is 32.7 Å². The van der Waals surface area contributed by atoms with Crippen LogP contribution in [0.2, 0.25) is 0 Å². The molecular formula is C11H21BO4. The Morgan fingerprint density at radius 2 is 2.06 bits per heavy atom. The lowest BCUT2D eigenvalue weighted by molar-refractivity contribution is -0.137.